The molecule has 26 heavy (non-hydrogen) atoms. The van der Waals surface area contributed by atoms with Crippen LogP contribution in [0.5, 0.6) is 0 Å². The number of nitrogens with zero attached hydrogens (tertiary/aromatic N) is 4. The van der Waals surface area contributed by atoms with Crippen molar-refractivity contribution in [1.29, 1.82) is 0 Å². The summed E-state index contributed by atoms with van der Waals surface area (Å²) in [4.78, 5) is 9.11. The van der Waals surface area contributed by atoms with Crippen LogP contribution in [0, 0.1) is 6.92 Å². The van der Waals surface area contributed by atoms with Crippen molar-refractivity contribution in [1.82, 2.24) is 25.4 Å². The van der Waals surface area contributed by atoms with Crippen molar-refractivity contribution in [3.63, 3.8) is 0 Å². The molecule has 0 radical (unpaired) electrons. The molecule has 2 aliphatic rings. The van der Waals surface area contributed by atoms with Crippen molar-refractivity contribution in [2.75, 3.05) is 6.54 Å². The molecule has 138 valence electrons. The van der Waals surface area contributed by atoms with Gasteiger partial charge in [0, 0.05) is 36.0 Å². The Bertz CT molecular complexity index is 814. The molecule has 3 atom stereocenters. The summed E-state index contributed by atoms with van der Waals surface area (Å²) in [5, 5.41) is 12.5. The van der Waals surface area contributed by atoms with E-state index < -0.39 is 0 Å². The van der Waals surface area contributed by atoms with Crippen LogP contribution < -0.4 is 10.6 Å². The van der Waals surface area contributed by atoms with E-state index in [0.717, 1.165) is 55.0 Å². The number of hydrogen-bond acceptors (Lipinski definition) is 3. The molecule has 1 aromatic carbocycles. The Morgan fingerprint density at radius 2 is 2.27 bits per heavy atom. The Morgan fingerprint density at radius 1 is 1.38 bits per heavy atom. The number of halogens is 1. The molecule has 3 unspecified atom stereocenters. The predicted octanol–water partition coefficient (Wildman–Crippen LogP) is 2.67. The first-order valence-electron chi connectivity index (χ1n) is 9.35. The molecule has 0 saturated heterocycles. The van der Waals surface area contributed by atoms with Gasteiger partial charge < -0.3 is 10.6 Å². The van der Waals surface area contributed by atoms with Crippen LogP contribution in [0.4, 0.5) is 0 Å². The van der Waals surface area contributed by atoms with E-state index in [1.165, 1.54) is 5.56 Å². The number of aryl methyl sites for hydroxylation is 2. The van der Waals surface area contributed by atoms with Crippen molar-refractivity contribution in [3.8, 4) is 0 Å². The minimum Gasteiger partial charge on any atom is -0.353 e. The van der Waals surface area contributed by atoms with E-state index in [9.17, 15) is 0 Å². The average Bonchev–Trinajstić information content (AvgIpc) is 3.26. The molecule has 1 aliphatic carbocycles. The zero-order chi connectivity index (χ0) is 18.1. The number of guanidine groups is 1. The van der Waals surface area contributed by atoms with E-state index in [1.54, 1.807) is 0 Å². The third kappa shape index (κ3) is 3.85. The van der Waals surface area contributed by atoms with Gasteiger partial charge in [-0.2, -0.15) is 5.10 Å². The smallest absolute Gasteiger partial charge is 0.191 e. The van der Waals surface area contributed by atoms with Gasteiger partial charge in [0.05, 0.1) is 6.54 Å². The zero-order valence-corrected chi connectivity index (χ0v) is 16.0. The van der Waals surface area contributed by atoms with E-state index in [4.69, 9.17) is 11.6 Å². The van der Waals surface area contributed by atoms with Gasteiger partial charge in [0.1, 0.15) is 11.6 Å². The van der Waals surface area contributed by atoms with Gasteiger partial charge in [-0.25, -0.2) is 9.67 Å². The van der Waals surface area contributed by atoms with Gasteiger partial charge in [0.15, 0.2) is 5.96 Å². The summed E-state index contributed by atoms with van der Waals surface area (Å²) in [6.07, 6.45) is 3.11. The Hall–Kier alpha value is -2.08. The lowest BCUT2D eigenvalue weighted by molar-refractivity contribution is 0.392. The van der Waals surface area contributed by atoms with Crippen molar-refractivity contribution in [2.45, 2.75) is 57.7 Å². The largest absolute Gasteiger partial charge is 0.353 e. The highest BCUT2D eigenvalue weighted by molar-refractivity contribution is 6.30. The number of nitrogens with one attached hydrogen (secondary N) is 2. The lowest BCUT2D eigenvalue weighted by Gasteiger charge is -2.25. The lowest BCUT2D eigenvalue weighted by Crippen LogP contribution is -2.48. The molecule has 0 spiro atoms. The molecule has 0 amide bonds. The number of aromatic nitrogens is 3. The molecule has 4 rings (SSSR count). The summed E-state index contributed by atoms with van der Waals surface area (Å²) in [7, 11) is 0. The van der Waals surface area contributed by atoms with E-state index in [1.807, 2.05) is 23.7 Å². The van der Waals surface area contributed by atoms with Crippen LogP contribution in [0.2, 0.25) is 5.02 Å². The normalized spacial score (nSPS) is 24.9. The summed E-state index contributed by atoms with van der Waals surface area (Å²) in [5.41, 5.74) is 1.30. The van der Waals surface area contributed by atoms with Crippen molar-refractivity contribution in [2.24, 2.45) is 4.99 Å². The highest BCUT2D eigenvalue weighted by atomic mass is 35.5. The topological polar surface area (TPSA) is 67.1 Å². The van der Waals surface area contributed by atoms with Gasteiger partial charge in [-0.05, 0) is 44.4 Å². The van der Waals surface area contributed by atoms with Crippen molar-refractivity contribution in [3.05, 3.63) is 46.5 Å². The SMILES string of the molecule is CCN=C(NC1CCc2nc(C)nn2C1)NC1CC1c1cccc(Cl)c1. The zero-order valence-electron chi connectivity index (χ0n) is 15.2. The minimum absolute atomic E-state index is 0.324. The number of hydrogen-bond donors (Lipinski definition) is 2. The maximum absolute atomic E-state index is 6.12. The quantitative estimate of drug-likeness (QED) is 0.639. The maximum atomic E-state index is 6.12. The number of aliphatic imine (C=N–C) groups is 1. The molecule has 2 N–H and O–H groups in total. The van der Waals surface area contributed by atoms with Crippen LogP contribution in [-0.4, -0.2) is 39.4 Å². The summed E-state index contributed by atoms with van der Waals surface area (Å²) >= 11 is 6.12. The van der Waals surface area contributed by atoms with Crippen LogP contribution >= 0.6 is 11.6 Å². The second kappa shape index (κ2) is 7.27. The number of fused-ring (bicyclic) bond motifs is 1. The second-order valence-corrected chi connectivity index (χ2v) is 7.54. The highest BCUT2D eigenvalue weighted by Crippen LogP contribution is 2.41. The first-order chi connectivity index (χ1) is 12.6. The average molecular weight is 373 g/mol. The van der Waals surface area contributed by atoms with Gasteiger partial charge in [0.2, 0.25) is 0 Å². The predicted molar refractivity (Wildman–Crippen MR) is 104 cm³/mol. The fourth-order valence-corrected chi connectivity index (χ4v) is 3.87. The third-order valence-electron chi connectivity index (χ3n) is 5.01. The van der Waals surface area contributed by atoms with Crippen molar-refractivity contribution >= 4 is 17.6 Å². The van der Waals surface area contributed by atoms with Gasteiger partial charge in [0.25, 0.3) is 0 Å². The second-order valence-electron chi connectivity index (χ2n) is 7.11. The summed E-state index contributed by atoms with van der Waals surface area (Å²) in [6, 6.07) is 8.89. The van der Waals surface area contributed by atoms with E-state index in [-0.39, 0.29) is 0 Å². The third-order valence-corrected chi connectivity index (χ3v) is 5.25. The van der Waals surface area contributed by atoms with E-state index >= 15 is 0 Å². The molecule has 0 bridgehead atoms. The summed E-state index contributed by atoms with van der Waals surface area (Å²) in [6.45, 7) is 5.60. The van der Waals surface area contributed by atoms with Crippen LogP contribution in [0.3, 0.4) is 0 Å². The molecule has 1 fully saturated rings. The maximum Gasteiger partial charge on any atom is 0.191 e. The monoisotopic (exact) mass is 372 g/mol. The highest BCUT2D eigenvalue weighted by Gasteiger charge is 2.39. The molecule has 2 heterocycles. The Kier molecular flexibility index (Phi) is 4.85. The first-order valence-corrected chi connectivity index (χ1v) is 9.73. The van der Waals surface area contributed by atoms with Gasteiger partial charge in [-0.15, -0.1) is 0 Å². The minimum atomic E-state index is 0.324. The first kappa shape index (κ1) is 17.3. The van der Waals surface area contributed by atoms with E-state index in [0.29, 0.717) is 18.0 Å². The molecule has 2 aromatic rings. The Morgan fingerprint density at radius 3 is 3.08 bits per heavy atom. The standard InChI is InChI=1S/C19H25ClN6/c1-3-21-19(23-15-7-8-18-22-12(2)25-26(18)11-15)24-17-10-16(17)13-5-4-6-14(20)9-13/h4-6,9,15-17H,3,7-8,10-11H2,1-2H3,(H2,21,23,24). The van der Waals surface area contributed by atoms with Gasteiger partial charge in [-0.1, -0.05) is 23.7 Å². The fourth-order valence-electron chi connectivity index (χ4n) is 3.67. The number of benzene rings is 1. The Balaban J connectivity index is 1.36. The lowest BCUT2D eigenvalue weighted by atomic mass is 10.1. The van der Waals surface area contributed by atoms with Crippen LogP contribution in [0.25, 0.3) is 0 Å². The molecule has 7 heteroatoms. The molecule has 1 aromatic heterocycles. The van der Waals surface area contributed by atoms with Crippen molar-refractivity contribution < 1.29 is 0 Å². The van der Waals surface area contributed by atoms with E-state index in [2.05, 4.69) is 44.8 Å². The van der Waals surface area contributed by atoms with Crippen LogP contribution in [-0.2, 0) is 13.0 Å². The molecular weight excluding hydrogens is 348 g/mol. The number of rotatable bonds is 4. The molecule has 1 saturated carbocycles. The molecule has 1 aliphatic heterocycles. The Labute approximate surface area is 159 Å². The summed E-state index contributed by atoms with van der Waals surface area (Å²) < 4.78 is 2.02. The van der Waals surface area contributed by atoms with Gasteiger partial charge in [-0.3, -0.25) is 4.99 Å². The fraction of sp³-hybridized carbons (Fsp3) is 0.526. The van der Waals surface area contributed by atoms with Crippen LogP contribution in [0.1, 0.15) is 42.9 Å². The summed E-state index contributed by atoms with van der Waals surface area (Å²) in [5.74, 6) is 3.34. The molecular formula is C19H25ClN6. The molecule has 6 nitrogen and oxygen atoms in total. The van der Waals surface area contributed by atoms with Gasteiger partial charge >= 0.3 is 0 Å². The van der Waals surface area contributed by atoms with Crippen LogP contribution in [0.15, 0.2) is 29.3 Å².